The predicted octanol–water partition coefficient (Wildman–Crippen LogP) is 4.29. The molecule has 0 bridgehead atoms. The first-order valence-electron chi connectivity index (χ1n) is 8.71. The van der Waals surface area contributed by atoms with Crippen LogP contribution in [0.5, 0.6) is 5.75 Å². The van der Waals surface area contributed by atoms with E-state index in [1.807, 2.05) is 62.5 Å². The minimum Gasteiger partial charge on any atom is -0.494 e. The topological polar surface area (TPSA) is 46.0 Å². The van der Waals surface area contributed by atoms with E-state index in [1.165, 1.54) is 0 Å². The van der Waals surface area contributed by atoms with E-state index < -0.39 is 0 Å². The second-order valence-electron chi connectivity index (χ2n) is 6.03. The van der Waals surface area contributed by atoms with Gasteiger partial charge in [0.15, 0.2) is 5.69 Å². The molecule has 2 aromatic carbocycles. The number of anilines is 1. The smallest absolute Gasteiger partial charge is 0.272 e. The molecule has 2 aromatic rings. The number of nitrogens with one attached hydrogen (secondary N) is 1. The standard InChI is InChI=1S/C21H21N4O/c1-3-26-17-13-11-16(12-14-17)25-15-7-6-10-20(25)23-24-21(25)18-8-4-5-9-19(18)22-2/h4-15,22H,3H2,1-2H3/q+1. The first-order chi connectivity index (χ1) is 12.8. The van der Waals surface area contributed by atoms with Crippen molar-refractivity contribution in [2.75, 3.05) is 19.0 Å². The summed E-state index contributed by atoms with van der Waals surface area (Å²) >= 11 is 0. The van der Waals surface area contributed by atoms with Gasteiger partial charge >= 0.3 is 0 Å². The molecule has 2 aliphatic rings. The van der Waals surface area contributed by atoms with Gasteiger partial charge in [0.25, 0.3) is 11.7 Å². The highest BCUT2D eigenvalue weighted by Crippen LogP contribution is 2.36. The van der Waals surface area contributed by atoms with Crippen LogP contribution in [0.25, 0.3) is 0 Å². The second-order valence-corrected chi connectivity index (χ2v) is 6.03. The Balaban J connectivity index is 1.86. The Hall–Kier alpha value is -3.18. The maximum Gasteiger partial charge on any atom is 0.272 e. The van der Waals surface area contributed by atoms with Crippen LogP contribution >= 0.6 is 0 Å². The fraction of sp³-hybridized carbons (Fsp3) is 0.143. The first-order valence-corrected chi connectivity index (χ1v) is 8.71. The van der Waals surface area contributed by atoms with Gasteiger partial charge in [-0.25, -0.2) is 0 Å². The predicted molar refractivity (Wildman–Crippen MR) is 108 cm³/mol. The maximum atomic E-state index is 5.60. The lowest BCUT2D eigenvalue weighted by molar-refractivity contribution is 0.340. The van der Waals surface area contributed by atoms with Crippen LogP contribution in [0.15, 0.2) is 83.2 Å². The monoisotopic (exact) mass is 345 g/mol. The molecule has 2 heterocycles. The van der Waals surface area contributed by atoms with Crippen molar-refractivity contribution in [2.45, 2.75) is 6.92 Å². The largest absolute Gasteiger partial charge is 0.494 e. The molecule has 1 atom stereocenters. The van der Waals surface area contributed by atoms with Crippen LogP contribution in [-0.4, -0.2) is 25.3 Å². The minimum absolute atomic E-state index is 0.363. The molecular weight excluding hydrogens is 324 g/mol. The van der Waals surface area contributed by atoms with Crippen LogP contribution in [0.1, 0.15) is 12.5 Å². The molecule has 0 aliphatic carbocycles. The van der Waals surface area contributed by atoms with Crippen LogP contribution in [0, 0.1) is 0 Å². The number of hydrogen-bond acceptors (Lipinski definition) is 4. The molecule has 0 fully saturated rings. The number of para-hydroxylation sites is 1. The highest BCUT2D eigenvalue weighted by atomic mass is 16.5. The van der Waals surface area contributed by atoms with Crippen LogP contribution in [0.2, 0.25) is 0 Å². The van der Waals surface area contributed by atoms with Gasteiger partial charge in [0.1, 0.15) is 11.9 Å². The van der Waals surface area contributed by atoms with Crippen LogP contribution in [0.4, 0.5) is 11.4 Å². The molecule has 130 valence electrons. The third-order valence-electron chi connectivity index (χ3n) is 4.60. The molecule has 0 radical (unpaired) electrons. The van der Waals surface area contributed by atoms with E-state index in [0.29, 0.717) is 11.1 Å². The second kappa shape index (κ2) is 6.61. The maximum absolute atomic E-state index is 5.60. The van der Waals surface area contributed by atoms with E-state index in [-0.39, 0.29) is 0 Å². The van der Waals surface area contributed by atoms with Crippen molar-refractivity contribution in [1.82, 2.24) is 4.48 Å². The molecule has 0 spiro atoms. The van der Waals surface area contributed by atoms with Gasteiger partial charge in [-0.05, 0) is 43.3 Å². The third kappa shape index (κ3) is 2.45. The number of amidine groups is 2. The SMILES string of the molecule is CCOc1ccc([N+]23C=CC=CC2=NN=C3c2ccccc2NC)cc1. The van der Waals surface area contributed by atoms with Crippen LogP contribution in [0.3, 0.4) is 0 Å². The molecule has 26 heavy (non-hydrogen) atoms. The molecule has 2 aliphatic heterocycles. The average Bonchev–Trinajstić information content (AvgIpc) is 3.09. The summed E-state index contributed by atoms with van der Waals surface area (Å²) in [5.41, 5.74) is 3.12. The molecule has 4 rings (SSSR count). The molecule has 0 amide bonds. The van der Waals surface area contributed by atoms with Crippen molar-refractivity contribution in [3.63, 3.8) is 0 Å². The van der Waals surface area contributed by atoms with Crippen molar-refractivity contribution < 1.29 is 4.74 Å². The Labute approximate surface area is 153 Å². The fourth-order valence-corrected chi connectivity index (χ4v) is 3.39. The normalized spacial score (nSPS) is 20.4. The van der Waals surface area contributed by atoms with Crippen molar-refractivity contribution in [2.24, 2.45) is 10.2 Å². The number of allylic oxidation sites excluding steroid dienone is 2. The number of hydrogen-bond donors (Lipinski definition) is 1. The zero-order valence-corrected chi connectivity index (χ0v) is 14.9. The Kier molecular flexibility index (Phi) is 4.14. The van der Waals surface area contributed by atoms with Crippen LogP contribution in [-0.2, 0) is 0 Å². The van der Waals surface area contributed by atoms with Gasteiger partial charge in [-0.3, -0.25) is 0 Å². The Morgan fingerprint density at radius 2 is 1.81 bits per heavy atom. The molecule has 0 saturated carbocycles. The number of ether oxygens (including phenoxy) is 1. The van der Waals surface area contributed by atoms with Gasteiger partial charge < -0.3 is 10.1 Å². The lowest BCUT2D eigenvalue weighted by Crippen LogP contribution is -2.52. The fourth-order valence-electron chi connectivity index (χ4n) is 3.39. The zero-order valence-electron chi connectivity index (χ0n) is 14.9. The van der Waals surface area contributed by atoms with Crippen LogP contribution < -0.4 is 14.5 Å². The molecule has 1 N–H and O–H groups in total. The molecule has 0 saturated heterocycles. The van der Waals surface area contributed by atoms with Gasteiger partial charge in [-0.1, -0.05) is 22.3 Å². The lowest BCUT2D eigenvalue weighted by Gasteiger charge is -2.31. The molecular formula is C21H21N4O+. The highest BCUT2D eigenvalue weighted by molar-refractivity contribution is 6.27. The third-order valence-corrected chi connectivity index (χ3v) is 4.60. The van der Waals surface area contributed by atoms with Gasteiger partial charge in [-0.2, -0.15) is 4.48 Å². The molecule has 5 heteroatoms. The van der Waals surface area contributed by atoms with E-state index >= 15 is 0 Å². The van der Waals surface area contributed by atoms with E-state index in [1.54, 1.807) is 0 Å². The number of fused-ring (bicyclic) bond motifs is 1. The molecule has 1 unspecified atom stereocenters. The van der Waals surface area contributed by atoms with Gasteiger partial charge in [0.2, 0.25) is 0 Å². The Morgan fingerprint density at radius 1 is 1.00 bits per heavy atom. The molecule has 5 nitrogen and oxygen atoms in total. The van der Waals surface area contributed by atoms with E-state index in [2.05, 4.69) is 39.9 Å². The lowest BCUT2D eigenvalue weighted by atomic mass is 10.1. The Bertz CT molecular complexity index is 941. The Morgan fingerprint density at radius 3 is 2.58 bits per heavy atom. The summed E-state index contributed by atoms with van der Waals surface area (Å²) in [5.74, 6) is 2.60. The van der Waals surface area contributed by atoms with E-state index in [4.69, 9.17) is 4.74 Å². The highest BCUT2D eigenvalue weighted by Gasteiger charge is 2.46. The van der Waals surface area contributed by atoms with E-state index in [9.17, 15) is 0 Å². The number of rotatable bonds is 5. The first kappa shape index (κ1) is 16.3. The summed E-state index contributed by atoms with van der Waals surface area (Å²) in [6.07, 6.45) is 8.16. The zero-order chi connectivity index (χ0) is 18.0. The summed E-state index contributed by atoms with van der Waals surface area (Å²) in [7, 11) is 1.92. The minimum atomic E-state index is 0.363. The van der Waals surface area contributed by atoms with Crippen molar-refractivity contribution >= 4 is 23.0 Å². The quantitative estimate of drug-likeness (QED) is 0.822. The van der Waals surface area contributed by atoms with Gasteiger partial charge in [-0.15, -0.1) is 0 Å². The number of quaternary nitrogens is 1. The van der Waals surface area contributed by atoms with Crippen molar-refractivity contribution in [3.8, 4) is 5.75 Å². The van der Waals surface area contributed by atoms with Crippen molar-refractivity contribution in [3.05, 3.63) is 78.5 Å². The summed E-state index contributed by atoms with van der Waals surface area (Å²) < 4.78 is 5.96. The number of benzene rings is 2. The molecule has 0 aromatic heterocycles. The number of nitrogens with zero attached hydrogens (tertiary/aromatic N) is 3. The average molecular weight is 345 g/mol. The summed E-state index contributed by atoms with van der Waals surface area (Å²) in [4.78, 5) is 0. The summed E-state index contributed by atoms with van der Waals surface area (Å²) in [6.45, 7) is 2.63. The van der Waals surface area contributed by atoms with Crippen molar-refractivity contribution in [1.29, 1.82) is 0 Å². The van der Waals surface area contributed by atoms with E-state index in [0.717, 1.165) is 34.4 Å². The van der Waals surface area contributed by atoms with Gasteiger partial charge in [0, 0.05) is 30.9 Å². The van der Waals surface area contributed by atoms with Gasteiger partial charge in [0.05, 0.1) is 12.2 Å². The summed E-state index contributed by atoms with van der Waals surface area (Å²) in [5, 5.41) is 12.3. The summed E-state index contributed by atoms with van der Waals surface area (Å²) in [6, 6.07) is 16.3.